The van der Waals surface area contributed by atoms with Crippen LogP contribution in [0.1, 0.15) is 17.8 Å². The summed E-state index contributed by atoms with van der Waals surface area (Å²) in [4.78, 5) is 0.310. The molecule has 104 valence electrons. The first kappa shape index (κ1) is 15.1. The lowest BCUT2D eigenvalue weighted by Crippen LogP contribution is -2.29. The number of hydrogen-bond donors (Lipinski definition) is 0. The fourth-order valence-electron chi connectivity index (χ4n) is 1.84. The van der Waals surface area contributed by atoms with Crippen LogP contribution in [0.2, 0.25) is 0 Å². The van der Waals surface area contributed by atoms with Crippen LogP contribution in [0.3, 0.4) is 0 Å². The normalized spacial score (nSPS) is 12.3. The van der Waals surface area contributed by atoms with Gasteiger partial charge in [0, 0.05) is 34.4 Å². The van der Waals surface area contributed by atoms with Crippen molar-refractivity contribution in [2.75, 3.05) is 27.3 Å². The molecule has 0 aliphatic rings. The van der Waals surface area contributed by atoms with Gasteiger partial charge in [0.15, 0.2) is 0 Å². The van der Waals surface area contributed by atoms with Crippen molar-refractivity contribution in [1.29, 1.82) is 0 Å². The molecule has 7 heteroatoms. The van der Waals surface area contributed by atoms with E-state index in [1.54, 1.807) is 39.7 Å². The van der Waals surface area contributed by atoms with E-state index in [4.69, 9.17) is 4.74 Å². The second-order valence-electron chi connectivity index (χ2n) is 4.30. The molecule has 0 N–H and O–H groups in total. The Morgan fingerprint density at radius 3 is 2.44 bits per heavy atom. The van der Waals surface area contributed by atoms with E-state index in [9.17, 15) is 8.42 Å². The van der Waals surface area contributed by atoms with Gasteiger partial charge in [-0.05, 0) is 20.3 Å². The van der Waals surface area contributed by atoms with Gasteiger partial charge < -0.3 is 4.74 Å². The second kappa shape index (κ2) is 5.81. The molecule has 1 aromatic heterocycles. The lowest BCUT2D eigenvalue weighted by molar-refractivity contribution is 0.189. The van der Waals surface area contributed by atoms with Crippen LogP contribution in [0.15, 0.2) is 4.90 Å². The molecule has 0 aromatic carbocycles. The SMILES string of the molecule is COCCCN(C)S(=O)(=O)c1c(C)nn(C)c1C. The summed E-state index contributed by atoms with van der Waals surface area (Å²) in [6, 6.07) is 0. The van der Waals surface area contributed by atoms with E-state index in [0.29, 0.717) is 35.9 Å². The Kier molecular flexibility index (Phi) is 4.89. The molecule has 0 saturated carbocycles. The molecule has 1 heterocycles. The van der Waals surface area contributed by atoms with Gasteiger partial charge in [-0.2, -0.15) is 5.10 Å². The van der Waals surface area contributed by atoms with Crippen LogP contribution in [0, 0.1) is 13.8 Å². The molecule has 6 nitrogen and oxygen atoms in total. The molecular weight excluding hydrogens is 254 g/mol. The lowest BCUT2D eigenvalue weighted by Gasteiger charge is -2.17. The van der Waals surface area contributed by atoms with Crippen molar-refractivity contribution in [3.8, 4) is 0 Å². The Labute approximate surface area is 109 Å². The van der Waals surface area contributed by atoms with Gasteiger partial charge in [0.1, 0.15) is 4.90 Å². The molecule has 0 aliphatic heterocycles. The maximum atomic E-state index is 12.4. The first-order valence-electron chi connectivity index (χ1n) is 5.77. The zero-order valence-corrected chi connectivity index (χ0v) is 12.4. The van der Waals surface area contributed by atoms with E-state index in [1.165, 1.54) is 4.31 Å². The van der Waals surface area contributed by atoms with Crippen molar-refractivity contribution < 1.29 is 13.2 Å². The molecule has 1 rings (SSSR count). The third-order valence-corrected chi connectivity index (χ3v) is 5.04. The number of nitrogens with zero attached hydrogens (tertiary/aromatic N) is 3. The van der Waals surface area contributed by atoms with Crippen LogP contribution < -0.4 is 0 Å². The lowest BCUT2D eigenvalue weighted by atomic mass is 10.4. The predicted octanol–water partition coefficient (Wildman–Crippen LogP) is 0.694. The number of aryl methyl sites for hydroxylation is 2. The van der Waals surface area contributed by atoms with Gasteiger partial charge in [-0.1, -0.05) is 0 Å². The van der Waals surface area contributed by atoms with Crippen molar-refractivity contribution in [2.45, 2.75) is 25.2 Å². The summed E-state index contributed by atoms with van der Waals surface area (Å²) in [6.45, 7) is 4.45. The topological polar surface area (TPSA) is 64.4 Å². The predicted molar refractivity (Wildman–Crippen MR) is 69.0 cm³/mol. The molecule has 0 unspecified atom stereocenters. The molecule has 0 saturated heterocycles. The maximum absolute atomic E-state index is 12.4. The Balaban J connectivity index is 2.99. The summed E-state index contributed by atoms with van der Waals surface area (Å²) in [7, 11) is 1.46. The molecule has 0 bridgehead atoms. The van der Waals surface area contributed by atoms with Gasteiger partial charge >= 0.3 is 0 Å². The maximum Gasteiger partial charge on any atom is 0.246 e. The highest BCUT2D eigenvalue weighted by Crippen LogP contribution is 2.22. The van der Waals surface area contributed by atoms with Crippen LogP contribution in [0.4, 0.5) is 0 Å². The Morgan fingerprint density at radius 1 is 1.39 bits per heavy atom. The Morgan fingerprint density at radius 2 is 2.00 bits per heavy atom. The minimum absolute atomic E-state index is 0.310. The van der Waals surface area contributed by atoms with Crippen LogP contribution in [0.25, 0.3) is 0 Å². The quantitative estimate of drug-likeness (QED) is 0.717. The molecular formula is C11H21N3O3S. The van der Waals surface area contributed by atoms with E-state index < -0.39 is 10.0 Å². The number of sulfonamides is 1. The zero-order valence-electron chi connectivity index (χ0n) is 11.6. The van der Waals surface area contributed by atoms with Gasteiger partial charge in [0.05, 0.1) is 11.4 Å². The first-order chi connectivity index (χ1) is 8.32. The number of methoxy groups -OCH3 is 1. The van der Waals surface area contributed by atoms with Crippen LogP contribution in [0.5, 0.6) is 0 Å². The van der Waals surface area contributed by atoms with E-state index in [2.05, 4.69) is 5.10 Å². The number of aromatic nitrogens is 2. The third-order valence-electron chi connectivity index (χ3n) is 2.93. The van der Waals surface area contributed by atoms with Crippen molar-refractivity contribution in [2.24, 2.45) is 7.05 Å². The van der Waals surface area contributed by atoms with Crippen LogP contribution >= 0.6 is 0 Å². The number of ether oxygens (including phenoxy) is 1. The van der Waals surface area contributed by atoms with E-state index >= 15 is 0 Å². The molecule has 0 aliphatic carbocycles. The van der Waals surface area contributed by atoms with Gasteiger partial charge in [-0.25, -0.2) is 12.7 Å². The summed E-state index contributed by atoms with van der Waals surface area (Å²) in [6.07, 6.45) is 0.671. The highest BCUT2D eigenvalue weighted by molar-refractivity contribution is 7.89. The largest absolute Gasteiger partial charge is 0.385 e. The molecule has 0 fully saturated rings. The Bertz CT molecular complexity index is 508. The van der Waals surface area contributed by atoms with Gasteiger partial charge in [0.2, 0.25) is 10.0 Å². The van der Waals surface area contributed by atoms with E-state index in [-0.39, 0.29) is 0 Å². The second-order valence-corrected chi connectivity index (χ2v) is 6.28. The Hall–Kier alpha value is -0.920. The van der Waals surface area contributed by atoms with Gasteiger partial charge in [-0.15, -0.1) is 0 Å². The summed E-state index contributed by atoms with van der Waals surface area (Å²) < 4.78 is 32.7. The summed E-state index contributed by atoms with van der Waals surface area (Å²) >= 11 is 0. The van der Waals surface area contributed by atoms with Crippen molar-refractivity contribution >= 4 is 10.0 Å². The third kappa shape index (κ3) is 2.90. The number of rotatable bonds is 6. The summed E-state index contributed by atoms with van der Waals surface area (Å²) in [5.74, 6) is 0. The standard InChI is InChI=1S/C11H21N3O3S/c1-9-11(10(2)14(4)12-9)18(15,16)13(3)7-6-8-17-5/h6-8H2,1-5H3. The van der Waals surface area contributed by atoms with Crippen LogP contribution in [-0.2, 0) is 21.8 Å². The molecule has 0 radical (unpaired) electrons. The molecule has 0 spiro atoms. The van der Waals surface area contributed by atoms with Crippen molar-refractivity contribution in [3.05, 3.63) is 11.4 Å². The average Bonchev–Trinajstić information content (AvgIpc) is 2.53. The molecule has 1 aromatic rings. The number of hydrogen-bond acceptors (Lipinski definition) is 4. The minimum atomic E-state index is -3.47. The first-order valence-corrected chi connectivity index (χ1v) is 7.21. The molecule has 0 atom stereocenters. The summed E-state index contributed by atoms with van der Waals surface area (Å²) in [5.41, 5.74) is 1.19. The van der Waals surface area contributed by atoms with E-state index in [1.807, 2.05) is 0 Å². The van der Waals surface area contributed by atoms with Gasteiger partial charge in [-0.3, -0.25) is 4.68 Å². The van der Waals surface area contributed by atoms with Crippen molar-refractivity contribution in [1.82, 2.24) is 14.1 Å². The highest BCUT2D eigenvalue weighted by atomic mass is 32.2. The summed E-state index contributed by atoms with van der Waals surface area (Å²) in [5, 5.41) is 4.14. The van der Waals surface area contributed by atoms with E-state index in [0.717, 1.165) is 0 Å². The zero-order chi connectivity index (χ0) is 13.9. The van der Waals surface area contributed by atoms with Gasteiger partial charge in [0.25, 0.3) is 0 Å². The molecule has 0 amide bonds. The molecule has 18 heavy (non-hydrogen) atoms. The fraction of sp³-hybridized carbons (Fsp3) is 0.727. The van der Waals surface area contributed by atoms with Crippen LogP contribution in [-0.4, -0.2) is 49.8 Å². The average molecular weight is 275 g/mol. The smallest absolute Gasteiger partial charge is 0.246 e. The minimum Gasteiger partial charge on any atom is -0.385 e. The van der Waals surface area contributed by atoms with Crippen molar-refractivity contribution in [3.63, 3.8) is 0 Å². The highest BCUT2D eigenvalue weighted by Gasteiger charge is 2.27. The fourth-order valence-corrected chi connectivity index (χ4v) is 3.44. The monoisotopic (exact) mass is 275 g/mol.